The average Bonchev–Trinajstić information content (AvgIpc) is 2.72. The molecule has 0 saturated carbocycles. The number of urea groups is 1. The maximum absolute atomic E-state index is 12.2. The third-order valence-corrected chi connectivity index (χ3v) is 3.45. The van der Waals surface area contributed by atoms with Crippen LogP contribution in [0.5, 0.6) is 0 Å². The van der Waals surface area contributed by atoms with Crippen LogP contribution in [0.3, 0.4) is 0 Å². The SMILES string of the molecule is CC(=O)Nc1cccc(NC(=O)CN2C(=O)C(=O)N(CC(C)C)C2=O)c1. The van der Waals surface area contributed by atoms with Crippen molar-refractivity contribution >= 4 is 41.0 Å². The quantitative estimate of drug-likeness (QED) is 0.581. The predicted molar refractivity (Wildman–Crippen MR) is 93.0 cm³/mol. The molecule has 1 heterocycles. The van der Waals surface area contributed by atoms with Crippen molar-refractivity contribution in [3.05, 3.63) is 24.3 Å². The fourth-order valence-electron chi connectivity index (χ4n) is 2.44. The molecule has 6 amide bonds. The van der Waals surface area contributed by atoms with Gasteiger partial charge in [0.15, 0.2) is 0 Å². The molecule has 1 aromatic carbocycles. The highest BCUT2D eigenvalue weighted by Crippen LogP contribution is 2.17. The fraction of sp³-hybridized carbons (Fsp3) is 0.353. The molecule has 0 aliphatic carbocycles. The van der Waals surface area contributed by atoms with Crippen molar-refractivity contribution in [1.29, 1.82) is 0 Å². The molecule has 0 unspecified atom stereocenters. The molecule has 1 aliphatic heterocycles. The van der Waals surface area contributed by atoms with E-state index in [1.54, 1.807) is 18.2 Å². The van der Waals surface area contributed by atoms with Crippen molar-refractivity contribution in [3.8, 4) is 0 Å². The molecule has 1 fully saturated rings. The summed E-state index contributed by atoms with van der Waals surface area (Å²) in [5.74, 6) is -2.83. The molecule has 1 saturated heterocycles. The zero-order valence-corrected chi connectivity index (χ0v) is 14.7. The average molecular weight is 360 g/mol. The van der Waals surface area contributed by atoms with E-state index in [0.29, 0.717) is 16.3 Å². The molecular weight excluding hydrogens is 340 g/mol. The Hall–Kier alpha value is -3.23. The van der Waals surface area contributed by atoms with Crippen molar-refractivity contribution in [2.24, 2.45) is 5.92 Å². The first kappa shape index (κ1) is 19.1. The number of carbonyl (C=O) groups is 5. The molecule has 1 aliphatic rings. The topological polar surface area (TPSA) is 116 Å². The lowest BCUT2D eigenvalue weighted by molar-refractivity contribution is -0.143. The second kappa shape index (κ2) is 7.77. The van der Waals surface area contributed by atoms with Gasteiger partial charge >= 0.3 is 17.8 Å². The standard InChI is InChI=1S/C17H20N4O5/c1-10(2)8-20-15(24)16(25)21(17(20)26)9-14(23)19-13-6-4-5-12(7-13)18-11(3)22/h4-7,10H,8-9H2,1-3H3,(H,18,22)(H,19,23). The number of rotatable bonds is 6. The highest BCUT2D eigenvalue weighted by molar-refractivity contribution is 6.45. The van der Waals surface area contributed by atoms with Crippen molar-refractivity contribution in [3.63, 3.8) is 0 Å². The van der Waals surface area contributed by atoms with Gasteiger partial charge in [-0.05, 0) is 24.1 Å². The van der Waals surface area contributed by atoms with E-state index >= 15 is 0 Å². The zero-order chi connectivity index (χ0) is 19.4. The van der Waals surface area contributed by atoms with Crippen LogP contribution in [0, 0.1) is 5.92 Å². The van der Waals surface area contributed by atoms with Crippen molar-refractivity contribution < 1.29 is 24.0 Å². The minimum atomic E-state index is -1.02. The highest BCUT2D eigenvalue weighted by atomic mass is 16.2. The number of imide groups is 2. The van der Waals surface area contributed by atoms with E-state index in [1.165, 1.54) is 13.0 Å². The predicted octanol–water partition coefficient (Wildman–Crippen LogP) is 1.03. The third-order valence-electron chi connectivity index (χ3n) is 3.45. The van der Waals surface area contributed by atoms with Crippen LogP contribution < -0.4 is 10.6 Å². The summed E-state index contributed by atoms with van der Waals surface area (Å²) in [6.07, 6.45) is 0. The van der Waals surface area contributed by atoms with E-state index in [2.05, 4.69) is 10.6 Å². The van der Waals surface area contributed by atoms with Crippen molar-refractivity contribution in [2.45, 2.75) is 20.8 Å². The first-order chi connectivity index (χ1) is 12.2. The van der Waals surface area contributed by atoms with E-state index in [4.69, 9.17) is 0 Å². The van der Waals surface area contributed by atoms with Gasteiger partial charge in [-0.2, -0.15) is 0 Å². The van der Waals surface area contributed by atoms with Gasteiger partial charge in [-0.25, -0.2) is 9.69 Å². The number of amides is 6. The van der Waals surface area contributed by atoms with Crippen molar-refractivity contribution in [2.75, 3.05) is 23.7 Å². The van der Waals surface area contributed by atoms with Crippen LogP contribution in [0.15, 0.2) is 24.3 Å². The largest absolute Gasteiger partial charge is 0.334 e. The molecule has 0 atom stereocenters. The van der Waals surface area contributed by atoms with E-state index in [1.807, 2.05) is 13.8 Å². The second-order valence-corrected chi connectivity index (χ2v) is 6.29. The van der Waals surface area contributed by atoms with E-state index in [-0.39, 0.29) is 18.4 Å². The molecule has 26 heavy (non-hydrogen) atoms. The van der Waals surface area contributed by atoms with Gasteiger partial charge in [0, 0.05) is 24.8 Å². The van der Waals surface area contributed by atoms with Crippen LogP contribution in [0.25, 0.3) is 0 Å². The third kappa shape index (κ3) is 4.44. The molecule has 0 bridgehead atoms. The molecule has 0 spiro atoms. The number of nitrogens with one attached hydrogen (secondary N) is 2. The second-order valence-electron chi connectivity index (χ2n) is 6.29. The minimum Gasteiger partial charge on any atom is -0.326 e. The molecule has 2 N–H and O–H groups in total. The van der Waals surface area contributed by atoms with E-state index in [9.17, 15) is 24.0 Å². The Labute approximate surface area is 150 Å². The lowest BCUT2D eigenvalue weighted by Crippen LogP contribution is -2.39. The number of anilines is 2. The normalized spacial score (nSPS) is 14.2. The number of benzene rings is 1. The highest BCUT2D eigenvalue weighted by Gasteiger charge is 2.45. The number of hydrogen-bond donors (Lipinski definition) is 2. The number of carbonyl (C=O) groups excluding carboxylic acids is 5. The van der Waals surface area contributed by atoms with Crippen LogP contribution >= 0.6 is 0 Å². The summed E-state index contributed by atoms with van der Waals surface area (Å²) in [6, 6.07) is 5.60. The Morgan fingerprint density at radius 3 is 2.15 bits per heavy atom. The van der Waals surface area contributed by atoms with Gasteiger partial charge in [0.05, 0.1) is 0 Å². The molecule has 1 aromatic rings. The number of hydrogen-bond acceptors (Lipinski definition) is 5. The Balaban J connectivity index is 2.03. The van der Waals surface area contributed by atoms with Crippen molar-refractivity contribution in [1.82, 2.24) is 9.80 Å². The summed E-state index contributed by atoms with van der Waals surface area (Å²) in [5.41, 5.74) is 0.868. The summed E-state index contributed by atoms with van der Waals surface area (Å²) in [7, 11) is 0. The Morgan fingerprint density at radius 2 is 1.58 bits per heavy atom. The van der Waals surface area contributed by atoms with Crippen LogP contribution in [-0.2, 0) is 19.2 Å². The molecule has 9 nitrogen and oxygen atoms in total. The van der Waals surface area contributed by atoms with Gasteiger partial charge in [0.25, 0.3) is 0 Å². The van der Waals surface area contributed by atoms with Crippen LogP contribution in [0.1, 0.15) is 20.8 Å². The monoisotopic (exact) mass is 360 g/mol. The maximum atomic E-state index is 12.2. The molecule has 2 rings (SSSR count). The van der Waals surface area contributed by atoms with Gasteiger partial charge in [-0.15, -0.1) is 0 Å². The molecule has 0 radical (unpaired) electrons. The smallest absolute Gasteiger partial charge is 0.326 e. The van der Waals surface area contributed by atoms with Gasteiger partial charge < -0.3 is 10.6 Å². The molecular formula is C17H20N4O5. The first-order valence-corrected chi connectivity index (χ1v) is 8.04. The lowest BCUT2D eigenvalue weighted by atomic mass is 10.2. The Kier molecular flexibility index (Phi) is 5.71. The molecule has 0 aromatic heterocycles. The lowest BCUT2D eigenvalue weighted by Gasteiger charge is -2.17. The van der Waals surface area contributed by atoms with E-state index in [0.717, 1.165) is 4.90 Å². The van der Waals surface area contributed by atoms with Gasteiger partial charge in [-0.3, -0.25) is 24.1 Å². The minimum absolute atomic E-state index is 0.000919. The summed E-state index contributed by atoms with van der Waals surface area (Å²) < 4.78 is 0. The van der Waals surface area contributed by atoms with Gasteiger partial charge in [0.2, 0.25) is 11.8 Å². The Morgan fingerprint density at radius 1 is 1.00 bits per heavy atom. The first-order valence-electron chi connectivity index (χ1n) is 8.04. The van der Waals surface area contributed by atoms with Crippen LogP contribution in [0.4, 0.5) is 16.2 Å². The maximum Gasteiger partial charge on any atom is 0.334 e. The van der Waals surface area contributed by atoms with Crippen LogP contribution in [-0.4, -0.2) is 52.5 Å². The fourth-order valence-corrected chi connectivity index (χ4v) is 2.44. The summed E-state index contributed by atoms with van der Waals surface area (Å²) in [4.78, 5) is 60.7. The van der Waals surface area contributed by atoms with Crippen LogP contribution in [0.2, 0.25) is 0 Å². The van der Waals surface area contributed by atoms with Gasteiger partial charge in [0.1, 0.15) is 6.54 Å². The summed E-state index contributed by atoms with van der Waals surface area (Å²) >= 11 is 0. The zero-order valence-electron chi connectivity index (χ0n) is 14.7. The molecule has 9 heteroatoms. The Bertz CT molecular complexity index is 774. The summed E-state index contributed by atoms with van der Waals surface area (Å²) in [6.45, 7) is 4.52. The van der Waals surface area contributed by atoms with E-state index < -0.39 is 30.3 Å². The molecule has 138 valence electrons. The number of nitrogens with zero attached hydrogens (tertiary/aromatic N) is 2. The van der Waals surface area contributed by atoms with Gasteiger partial charge in [-0.1, -0.05) is 19.9 Å². The summed E-state index contributed by atoms with van der Waals surface area (Å²) in [5, 5.41) is 5.10.